The molecule has 0 aromatic carbocycles. The first kappa shape index (κ1) is 11.6. The van der Waals surface area contributed by atoms with Crippen molar-refractivity contribution in [3.8, 4) is 0 Å². The lowest BCUT2D eigenvalue weighted by Gasteiger charge is -2.01. The van der Waals surface area contributed by atoms with Crippen molar-refractivity contribution in [2.24, 2.45) is 0 Å². The molecule has 3 aromatic rings. The van der Waals surface area contributed by atoms with Gasteiger partial charge in [-0.15, -0.1) is 11.3 Å². The number of hydrogen-bond acceptors (Lipinski definition) is 6. The van der Waals surface area contributed by atoms with Gasteiger partial charge < -0.3 is 4.98 Å². The smallest absolute Gasteiger partial charge is 0.251 e. The molecule has 0 unspecified atom stereocenters. The number of hydrogen-bond donors (Lipinski definition) is 1. The van der Waals surface area contributed by atoms with Gasteiger partial charge in [0.05, 0.1) is 0 Å². The molecule has 0 aliphatic rings. The third-order valence-electron chi connectivity index (χ3n) is 2.10. The SMILES string of the molecule is O=c1ccnc(Sc2nc(Cl)nc3sccc23)[nH]1. The van der Waals surface area contributed by atoms with Crippen LogP contribution in [0.15, 0.2) is 38.7 Å². The molecule has 0 fully saturated rings. The third-order valence-corrected chi connectivity index (χ3v) is 3.99. The summed E-state index contributed by atoms with van der Waals surface area (Å²) >= 11 is 8.60. The Hall–Kier alpha value is -1.44. The number of thiophene rings is 1. The van der Waals surface area contributed by atoms with E-state index in [0.29, 0.717) is 10.2 Å². The first-order valence-electron chi connectivity index (χ1n) is 4.86. The number of nitrogens with one attached hydrogen (secondary N) is 1. The van der Waals surface area contributed by atoms with Crippen LogP contribution in [0.3, 0.4) is 0 Å². The zero-order valence-electron chi connectivity index (χ0n) is 8.75. The normalized spacial score (nSPS) is 10.9. The minimum Gasteiger partial charge on any atom is -0.301 e. The topological polar surface area (TPSA) is 71.5 Å². The van der Waals surface area contributed by atoms with Crippen LogP contribution >= 0.6 is 34.7 Å². The maximum Gasteiger partial charge on any atom is 0.251 e. The zero-order valence-corrected chi connectivity index (χ0v) is 11.1. The quantitative estimate of drug-likeness (QED) is 0.581. The summed E-state index contributed by atoms with van der Waals surface area (Å²) in [5.74, 6) is 0. The lowest BCUT2D eigenvalue weighted by atomic mass is 10.4. The van der Waals surface area contributed by atoms with Crippen molar-refractivity contribution in [3.05, 3.63) is 39.3 Å². The van der Waals surface area contributed by atoms with Crippen LogP contribution in [0.4, 0.5) is 0 Å². The van der Waals surface area contributed by atoms with Gasteiger partial charge in [-0.2, -0.15) is 0 Å². The summed E-state index contributed by atoms with van der Waals surface area (Å²) < 4.78 is 0. The fourth-order valence-corrected chi connectivity index (χ4v) is 3.33. The monoisotopic (exact) mass is 296 g/mol. The number of aromatic amines is 1. The van der Waals surface area contributed by atoms with Crippen LogP contribution in [0.5, 0.6) is 0 Å². The number of rotatable bonds is 2. The molecular formula is C10H5ClN4OS2. The van der Waals surface area contributed by atoms with E-state index in [9.17, 15) is 4.79 Å². The Labute approximate surface area is 114 Å². The van der Waals surface area contributed by atoms with Crippen molar-refractivity contribution in [2.75, 3.05) is 0 Å². The average molecular weight is 297 g/mol. The molecule has 0 saturated heterocycles. The lowest BCUT2D eigenvalue weighted by Crippen LogP contribution is -2.05. The van der Waals surface area contributed by atoms with E-state index in [0.717, 1.165) is 10.2 Å². The summed E-state index contributed by atoms with van der Waals surface area (Å²) in [5, 5.41) is 4.16. The van der Waals surface area contributed by atoms with Gasteiger partial charge in [0.1, 0.15) is 9.86 Å². The van der Waals surface area contributed by atoms with Crippen LogP contribution in [-0.2, 0) is 0 Å². The highest BCUT2D eigenvalue weighted by atomic mass is 35.5. The molecule has 18 heavy (non-hydrogen) atoms. The molecule has 0 saturated carbocycles. The van der Waals surface area contributed by atoms with Gasteiger partial charge in [0.15, 0.2) is 5.16 Å². The first-order chi connectivity index (χ1) is 8.72. The number of nitrogens with zero attached hydrogens (tertiary/aromatic N) is 3. The van der Waals surface area contributed by atoms with E-state index >= 15 is 0 Å². The van der Waals surface area contributed by atoms with Crippen molar-refractivity contribution in [3.63, 3.8) is 0 Å². The van der Waals surface area contributed by atoms with Crippen LogP contribution in [0.1, 0.15) is 0 Å². The Bertz CT molecular complexity index is 770. The highest BCUT2D eigenvalue weighted by molar-refractivity contribution is 7.99. The molecule has 0 aliphatic heterocycles. The molecule has 1 N–H and O–H groups in total. The highest BCUT2D eigenvalue weighted by Crippen LogP contribution is 2.32. The fourth-order valence-electron chi connectivity index (χ4n) is 1.38. The minimum absolute atomic E-state index is 0.186. The van der Waals surface area contributed by atoms with E-state index in [1.165, 1.54) is 35.4 Å². The lowest BCUT2D eigenvalue weighted by molar-refractivity contribution is 0.932. The molecule has 0 radical (unpaired) electrons. The molecule has 0 amide bonds. The average Bonchev–Trinajstić information content (AvgIpc) is 2.77. The minimum atomic E-state index is -0.200. The van der Waals surface area contributed by atoms with Crippen LogP contribution < -0.4 is 5.56 Å². The molecule has 3 rings (SSSR count). The Kier molecular flexibility index (Phi) is 3.02. The van der Waals surface area contributed by atoms with Gasteiger partial charge in [-0.3, -0.25) is 4.79 Å². The van der Waals surface area contributed by atoms with E-state index in [1.54, 1.807) is 0 Å². The number of aromatic nitrogens is 4. The summed E-state index contributed by atoms with van der Waals surface area (Å²) in [4.78, 5) is 27.0. The molecule has 5 nitrogen and oxygen atoms in total. The molecule has 0 bridgehead atoms. The van der Waals surface area contributed by atoms with Crippen molar-refractivity contribution in [1.82, 2.24) is 19.9 Å². The summed E-state index contributed by atoms with van der Waals surface area (Å²) in [7, 11) is 0. The summed E-state index contributed by atoms with van der Waals surface area (Å²) in [6, 6.07) is 3.27. The predicted molar refractivity (Wildman–Crippen MR) is 71.4 cm³/mol. The van der Waals surface area contributed by atoms with Gasteiger partial charge in [0, 0.05) is 17.6 Å². The molecule has 0 aliphatic carbocycles. The maximum atomic E-state index is 11.2. The van der Waals surface area contributed by atoms with Crippen molar-refractivity contribution >= 4 is 44.9 Å². The molecule has 3 aromatic heterocycles. The fraction of sp³-hybridized carbons (Fsp3) is 0. The molecule has 0 atom stereocenters. The second-order valence-electron chi connectivity index (χ2n) is 3.28. The number of fused-ring (bicyclic) bond motifs is 1. The van der Waals surface area contributed by atoms with Gasteiger partial charge in [-0.05, 0) is 34.8 Å². The number of H-pyrrole nitrogens is 1. The van der Waals surface area contributed by atoms with Crippen molar-refractivity contribution in [1.29, 1.82) is 0 Å². The van der Waals surface area contributed by atoms with E-state index in [-0.39, 0.29) is 10.8 Å². The van der Waals surface area contributed by atoms with Gasteiger partial charge in [-0.25, -0.2) is 15.0 Å². The van der Waals surface area contributed by atoms with Gasteiger partial charge >= 0.3 is 0 Å². The standard InChI is InChI=1S/C10H5ClN4OS2/c11-9-14-7-5(2-4-17-7)8(15-9)18-10-12-3-1-6(16)13-10/h1-4H,(H,12,13,16). The molecule has 8 heteroatoms. The second-order valence-corrected chi connectivity index (χ2v) is 5.49. The molecular weight excluding hydrogens is 292 g/mol. The van der Waals surface area contributed by atoms with Gasteiger partial charge in [0.25, 0.3) is 5.56 Å². The van der Waals surface area contributed by atoms with E-state index in [1.807, 2.05) is 11.4 Å². The maximum absolute atomic E-state index is 11.2. The molecule has 3 heterocycles. The van der Waals surface area contributed by atoms with Crippen LogP contribution in [0.25, 0.3) is 10.2 Å². The zero-order chi connectivity index (χ0) is 12.5. The largest absolute Gasteiger partial charge is 0.301 e. The van der Waals surface area contributed by atoms with E-state index in [2.05, 4.69) is 19.9 Å². The van der Waals surface area contributed by atoms with Crippen LogP contribution in [-0.4, -0.2) is 19.9 Å². The second kappa shape index (κ2) is 4.68. The Balaban J connectivity index is 2.09. The first-order valence-corrected chi connectivity index (χ1v) is 6.94. The van der Waals surface area contributed by atoms with Gasteiger partial charge in [-0.1, -0.05) is 0 Å². The van der Waals surface area contributed by atoms with E-state index in [4.69, 9.17) is 11.6 Å². The molecule has 0 spiro atoms. The third kappa shape index (κ3) is 2.24. The summed E-state index contributed by atoms with van der Waals surface area (Å²) in [5.41, 5.74) is -0.200. The highest BCUT2D eigenvalue weighted by Gasteiger charge is 2.10. The van der Waals surface area contributed by atoms with Crippen LogP contribution in [0.2, 0.25) is 5.28 Å². The number of halogens is 1. The van der Waals surface area contributed by atoms with Crippen molar-refractivity contribution in [2.45, 2.75) is 10.2 Å². The Morgan fingerprint density at radius 2 is 2.22 bits per heavy atom. The summed E-state index contributed by atoms with van der Waals surface area (Å²) in [6.07, 6.45) is 1.45. The van der Waals surface area contributed by atoms with Gasteiger partial charge in [0.2, 0.25) is 5.28 Å². The Morgan fingerprint density at radius 3 is 3.06 bits per heavy atom. The Morgan fingerprint density at radius 1 is 1.33 bits per heavy atom. The molecule has 90 valence electrons. The van der Waals surface area contributed by atoms with Crippen molar-refractivity contribution < 1.29 is 0 Å². The summed E-state index contributed by atoms with van der Waals surface area (Å²) in [6.45, 7) is 0. The van der Waals surface area contributed by atoms with E-state index < -0.39 is 0 Å². The predicted octanol–water partition coefficient (Wildman–Crippen LogP) is 2.58. The van der Waals surface area contributed by atoms with Crippen LogP contribution in [0, 0.1) is 0 Å².